The Morgan fingerprint density at radius 1 is 1.57 bits per heavy atom. The number of nitrogens with zero attached hydrogens (tertiary/aromatic N) is 2. The smallest absolute Gasteiger partial charge is 0.317 e. The van der Waals surface area contributed by atoms with Crippen LogP contribution in [0.2, 0.25) is 4.34 Å². The molecule has 0 aliphatic carbocycles. The number of hydrogen-bond acceptors (Lipinski definition) is 3. The van der Waals surface area contributed by atoms with Gasteiger partial charge in [-0.3, -0.25) is 0 Å². The molecule has 0 saturated carbocycles. The van der Waals surface area contributed by atoms with Gasteiger partial charge in [-0.05, 0) is 51.3 Å². The number of piperidine rings is 1. The summed E-state index contributed by atoms with van der Waals surface area (Å²) in [6.07, 6.45) is 2.59. The number of carbonyl (C=O) groups is 1. The molecule has 1 saturated heterocycles. The van der Waals surface area contributed by atoms with Gasteiger partial charge in [0, 0.05) is 30.6 Å². The summed E-state index contributed by atoms with van der Waals surface area (Å²) in [5.41, 5.74) is 0. The second-order valence-corrected chi connectivity index (χ2v) is 8.38. The lowest BCUT2D eigenvalue weighted by Gasteiger charge is -2.33. The van der Waals surface area contributed by atoms with Crippen LogP contribution in [0.3, 0.4) is 0 Å². The fraction of sp³-hybridized carbons (Fsp3) is 0.706. The van der Waals surface area contributed by atoms with Crippen LogP contribution in [0.15, 0.2) is 12.1 Å². The predicted molar refractivity (Wildman–Crippen MR) is 98.2 cm³/mol. The number of hydrogen-bond donors (Lipinski definition) is 1. The third kappa shape index (κ3) is 5.98. The second-order valence-electron chi connectivity index (χ2n) is 6.58. The SMILES string of the molecule is CCN(Cc1ccc(Cl)s1)C(=O)NC(C)CN1CCCC(C)C1. The zero-order valence-electron chi connectivity index (χ0n) is 14.3. The number of thiophene rings is 1. The molecule has 6 heteroatoms. The first-order valence-corrected chi connectivity index (χ1v) is 9.69. The van der Waals surface area contributed by atoms with Crippen LogP contribution in [0, 0.1) is 5.92 Å². The summed E-state index contributed by atoms with van der Waals surface area (Å²) in [6, 6.07) is 4.04. The van der Waals surface area contributed by atoms with Crippen LogP contribution in [0.25, 0.3) is 0 Å². The summed E-state index contributed by atoms with van der Waals surface area (Å²) in [5, 5.41) is 3.14. The largest absolute Gasteiger partial charge is 0.334 e. The first kappa shape index (κ1) is 18.6. The Balaban J connectivity index is 1.80. The molecule has 2 amide bonds. The topological polar surface area (TPSA) is 35.6 Å². The van der Waals surface area contributed by atoms with Crippen molar-refractivity contribution in [2.75, 3.05) is 26.2 Å². The van der Waals surface area contributed by atoms with E-state index < -0.39 is 0 Å². The van der Waals surface area contributed by atoms with Gasteiger partial charge in [0.15, 0.2) is 0 Å². The zero-order chi connectivity index (χ0) is 16.8. The van der Waals surface area contributed by atoms with Crippen molar-refractivity contribution >= 4 is 29.0 Å². The quantitative estimate of drug-likeness (QED) is 0.833. The summed E-state index contributed by atoms with van der Waals surface area (Å²) in [6.45, 7) is 10.9. The van der Waals surface area contributed by atoms with E-state index in [0.717, 1.165) is 34.8 Å². The Labute approximate surface area is 148 Å². The summed E-state index contributed by atoms with van der Waals surface area (Å²) >= 11 is 7.50. The third-order valence-electron chi connectivity index (χ3n) is 4.29. The average Bonchev–Trinajstić information content (AvgIpc) is 2.89. The van der Waals surface area contributed by atoms with Crippen molar-refractivity contribution in [2.24, 2.45) is 5.92 Å². The van der Waals surface area contributed by atoms with Crippen LogP contribution >= 0.6 is 22.9 Å². The van der Waals surface area contributed by atoms with Gasteiger partial charge < -0.3 is 15.1 Å². The van der Waals surface area contributed by atoms with Crippen molar-refractivity contribution in [1.82, 2.24) is 15.1 Å². The number of halogens is 1. The van der Waals surface area contributed by atoms with Crippen LogP contribution in [0.1, 0.15) is 38.5 Å². The normalized spacial score (nSPS) is 20.3. The summed E-state index contributed by atoms with van der Waals surface area (Å²) in [5.74, 6) is 0.766. The highest BCUT2D eigenvalue weighted by Crippen LogP contribution is 2.22. The van der Waals surface area contributed by atoms with Crippen molar-refractivity contribution in [2.45, 2.75) is 46.2 Å². The first-order chi connectivity index (χ1) is 11.0. The van der Waals surface area contributed by atoms with E-state index in [2.05, 4.69) is 24.1 Å². The number of nitrogens with one attached hydrogen (secondary N) is 1. The molecule has 0 aromatic carbocycles. The van der Waals surface area contributed by atoms with Crippen molar-refractivity contribution in [1.29, 1.82) is 0 Å². The molecular formula is C17H28ClN3OS. The lowest BCUT2D eigenvalue weighted by atomic mass is 10.00. The molecule has 4 nitrogen and oxygen atoms in total. The van der Waals surface area contributed by atoms with Crippen LogP contribution in [-0.2, 0) is 6.54 Å². The van der Waals surface area contributed by atoms with Crippen molar-refractivity contribution in [3.8, 4) is 0 Å². The molecule has 1 aromatic heterocycles. The number of rotatable bonds is 6. The van der Waals surface area contributed by atoms with Gasteiger partial charge in [0.25, 0.3) is 0 Å². The second kappa shape index (κ2) is 8.90. The third-order valence-corrected chi connectivity index (χ3v) is 5.50. The minimum atomic E-state index is 0.00887. The predicted octanol–water partition coefficient (Wildman–Crippen LogP) is 4.05. The molecule has 0 spiro atoms. The monoisotopic (exact) mass is 357 g/mol. The minimum absolute atomic E-state index is 0.00887. The van der Waals surface area contributed by atoms with Crippen molar-refractivity contribution in [3.05, 3.63) is 21.3 Å². The minimum Gasteiger partial charge on any atom is -0.334 e. The van der Waals surface area contributed by atoms with Crippen LogP contribution in [-0.4, -0.2) is 48.1 Å². The maximum atomic E-state index is 12.5. The van der Waals surface area contributed by atoms with Gasteiger partial charge in [-0.25, -0.2) is 4.79 Å². The Hall–Kier alpha value is -0.780. The van der Waals surface area contributed by atoms with E-state index >= 15 is 0 Å². The van der Waals surface area contributed by atoms with Gasteiger partial charge in [-0.1, -0.05) is 18.5 Å². The molecule has 2 atom stereocenters. The molecule has 1 aromatic rings. The lowest BCUT2D eigenvalue weighted by molar-refractivity contribution is 0.162. The van der Waals surface area contributed by atoms with Crippen molar-refractivity contribution in [3.63, 3.8) is 0 Å². The maximum absolute atomic E-state index is 12.5. The van der Waals surface area contributed by atoms with E-state index in [1.165, 1.54) is 24.2 Å². The molecule has 1 N–H and O–H groups in total. The van der Waals surface area contributed by atoms with Gasteiger partial charge in [-0.15, -0.1) is 11.3 Å². The van der Waals surface area contributed by atoms with Crippen LogP contribution in [0.4, 0.5) is 4.79 Å². The van der Waals surface area contributed by atoms with Crippen LogP contribution in [0.5, 0.6) is 0 Å². The molecule has 1 aliphatic heterocycles. The van der Waals surface area contributed by atoms with Gasteiger partial charge in [0.1, 0.15) is 0 Å². The Morgan fingerprint density at radius 3 is 2.96 bits per heavy atom. The van der Waals surface area contributed by atoms with Gasteiger partial charge in [0.05, 0.1) is 10.9 Å². The van der Waals surface area contributed by atoms with Gasteiger partial charge in [0.2, 0.25) is 0 Å². The Kier molecular flexibility index (Phi) is 7.18. The summed E-state index contributed by atoms with van der Waals surface area (Å²) < 4.78 is 0.768. The molecular weight excluding hydrogens is 330 g/mol. The number of amides is 2. The van der Waals surface area contributed by atoms with Crippen molar-refractivity contribution < 1.29 is 4.79 Å². The standard InChI is InChI=1S/C17H28ClN3OS/c1-4-21(12-15-7-8-16(18)23-15)17(22)19-14(3)11-20-9-5-6-13(2)10-20/h7-8,13-14H,4-6,9-12H2,1-3H3,(H,19,22). The van der Waals surface area contributed by atoms with E-state index in [1.54, 1.807) is 0 Å². The molecule has 130 valence electrons. The highest BCUT2D eigenvalue weighted by Gasteiger charge is 2.20. The molecule has 0 radical (unpaired) electrons. The molecule has 0 bridgehead atoms. The summed E-state index contributed by atoms with van der Waals surface area (Å²) in [4.78, 5) is 17.9. The highest BCUT2D eigenvalue weighted by molar-refractivity contribution is 7.16. The fourth-order valence-electron chi connectivity index (χ4n) is 3.14. The van der Waals surface area contributed by atoms with E-state index in [0.29, 0.717) is 13.1 Å². The Morgan fingerprint density at radius 2 is 2.35 bits per heavy atom. The van der Waals surface area contributed by atoms with E-state index in [1.807, 2.05) is 24.0 Å². The lowest BCUT2D eigenvalue weighted by Crippen LogP contribution is -2.49. The van der Waals surface area contributed by atoms with E-state index in [4.69, 9.17) is 11.6 Å². The van der Waals surface area contributed by atoms with Gasteiger partial charge in [-0.2, -0.15) is 0 Å². The van der Waals surface area contributed by atoms with Gasteiger partial charge >= 0.3 is 6.03 Å². The van der Waals surface area contributed by atoms with E-state index in [9.17, 15) is 4.79 Å². The first-order valence-electron chi connectivity index (χ1n) is 8.50. The molecule has 2 unspecified atom stereocenters. The number of carbonyl (C=O) groups excluding carboxylic acids is 1. The molecule has 1 fully saturated rings. The molecule has 2 rings (SSSR count). The molecule has 23 heavy (non-hydrogen) atoms. The van der Waals surface area contributed by atoms with E-state index in [-0.39, 0.29) is 12.1 Å². The molecule has 2 heterocycles. The Bertz CT molecular complexity index is 508. The van der Waals surface area contributed by atoms with Crippen LogP contribution < -0.4 is 5.32 Å². The zero-order valence-corrected chi connectivity index (χ0v) is 15.9. The fourth-order valence-corrected chi connectivity index (χ4v) is 4.24. The maximum Gasteiger partial charge on any atom is 0.317 e. The average molecular weight is 358 g/mol. The molecule has 1 aliphatic rings. The number of urea groups is 1. The highest BCUT2D eigenvalue weighted by atomic mass is 35.5. The number of likely N-dealkylation sites (tertiary alicyclic amines) is 1. The summed E-state index contributed by atoms with van der Waals surface area (Å²) in [7, 11) is 0.